The normalized spacial score (nSPS) is 29.7. The molecule has 2 fully saturated rings. The molecule has 6 atom stereocenters. The molecule has 0 spiro atoms. The van der Waals surface area contributed by atoms with Crippen molar-refractivity contribution >= 4 is 5.97 Å². The van der Waals surface area contributed by atoms with E-state index < -0.39 is 72.6 Å². The predicted octanol–water partition coefficient (Wildman–Crippen LogP) is 5.53. The lowest BCUT2D eigenvalue weighted by Crippen LogP contribution is -2.58. The molecule has 1 N–H and O–H groups in total. The number of rotatable bonds is 7. The van der Waals surface area contributed by atoms with E-state index in [1.807, 2.05) is 0 Å². The molecule has 2 bridgehead atoms. The summed E-state index contributed by atoms with van der Waals surface area (Å²) in [6.45, 7) is 2.93. The van der Waals surface area contributed by atoms with Crippen LogP contribution in [0.1, 0.15) is 52.9 Å². The van der Waals surface area contributed by atoms with E-state index >= 15 is 0 Å². The zero-order valence-corrected chi connectivity index (χ0v) is 17.5. The summed E-state index contributed by atoms with van der Waals surface area (Å²) in [7, 11) is 0. The third-order valence-corrected chi connectivity index (χ3v) is 6.81. The molecule has 0 radical (unpaired) electrons. The summed E-state index contributed by atoms with van der Waals surface area (Å²) in [6.07, 6.45) is -20.9. The molecular formula is C19H25F9O4. The zero-order valence-electron chi connectivity index (χ0n) is 17.5. The SMILES string of the molecule is CCC(C)(C(=O)OC(C)OC1CC2CC(CC(O)(C(F)(F)F)C(F)(F)F)C1C2)C(F)(F)F. The summed E-state index contributed by atoms with van der Waals surface area (Å²) in [5.74, 6) is -3.83. The predicted molar refractivity (Wildman–Crippen MR) is 90.9 cm³/mol. The zero-order chi connectivity index (χ0) is 24.9. The Morgan fingerprint density at radius 2 is 1.50 bits per heavy atom. The Kier molecular flexibility index (Phi) is 7.19. The second-order valence-electron chi connectivity index (χ2n) is 8.89. The van der Waals surface area contributed by atoms with Gasteiger partial charge in [-0.15, -0.1) is 0 Å². The van der Waals surface area contributed by atoms with Crippen molar-refractivity contribution in [2.45, 2.75) is 89.4 Å². The van der Waals surface area contributed by atoms with Crippen LogP contribution in [-0.2, 0) is 14.3 Å². The minimum Gasteiger partial charge on any atom is -0.435 e. The number of carbonyl (C=O) groups is 1. The van der Waals surface area contributed by atoms with E-state index in [4.69, 9.17) is 9.47 Å². The first-order chi connectivity index (χ1) is 14.3. The number of alkyl halides is 9. The van der Waals surface area contributed by atoms with Gasteiger partial charge >= 0.3 is 24.5 Å². The minimum absolute atomic E-state index is 0.0230. The number of carbonyl (C=O) groups excluding carboxylic acids is 1. The van der Waals surface area contributed by atoms with Crippen LogP contribution in [0.3, 0.4) is 0 Å². The van der Waals surface area contributed by atoms with Crippen LogP contribution in [0.4, 0.5) is 39.5 Å². The van der Waals surface area contributed by atoms with E-state index in [1.54, 1.807) is 0 Å². The summed E-state index contributed by atoms with van der Waals surface area (Å²) in [6, 6.07) is 0. The Morgan fingerprint density at radius 1 is 0.969 bits per heavy atom. The van der Waals surface area contributed by atoms with E-state index in [1.165, 1.54) is 0 Å². The lowest BCUT2D eigenvalue weighted by atomic mass is 9.78. The molecule has 2 aliphatic rings. The van der Waals surface area contributed by atoms with E-state index in [0.717, 1.165) is 13.8 Å². The van der Waals surface area contributed by atoms with Crippen molar-refractivity contribution in [3.8, 4) is 0 Å². The average molecular weight is 488 g/mol. The highest BCUT2D eigenvalue weighted by atomic mass is 19.4. The van der Waals surface area contributed by atoms with E-state index in [2.05, 4.69) is 0 Å². The highest BCUT2D eigenvalue weighted by Gasteiger charge is 2.71. The van der Waals surface area contributed by atoms with Crippen molar-refractivity contribution in [1.82, 2.24) is 0 Å². The van der Waals surface area contributed by atoms with Crippen molar-refractivity contribution in [3.63, 3.8) is 0 Å². The molecule has 0 saturated heterocycles. The van der Waals surface area contributed by atoms with Gasteiger partial charge in [-0.1, -0.05) is 6.92 Å². The van der Waals surface area contributed by atoms with Crippen molar-refractivity contribution in [1.29, 1.82) is 0 Å². The molecule has 13 heteroatoms. The van der Waals surface area contributed by atoms with Crippen molar-refractivity contribution in [3.05, 3.63) is 0 Å². The maximum atomic E-state index is 13.2. The minimum atomic E-state index is -5.94. The molecule has 2 saturated carbocycles. The highest BCUT2D eigenvalue weighted by molar-refractivity contribution is 5.77. The Morgan fingerprint density at radius 3 is 1.91 bits per heavy atom. The largest absolute Gasteiger partial charge is 0.435 e. The summed E-state index contributed by atoms with van der Waals surface area (Å²) in [5, 5.41) is 9.49. The first kappa shape index (κ1) is 27.0. The lowest BCUT2D eigenvalue weighted by molar-refractivity contribution is -0.373. The number of esters is 1. The molecule has 32 heavy (non-hydrogen) atoms. The van der Waals surface area contributed by atoms with Gasteiger partial charge in [-0.2, -0.15) is 39.5 Å². The van der Waals surface area contributed by atoms with Crippen LogP contribution in [0.2, 0.25) is 0 Å². The molecule has 188 valence electrons. The standard InChI is InChI=1S/C19H25F9O4/c1-4-15(3,17(20,21)22)14(29)32-9(2)31-13-7-10-5-11(12(13)6-10)8-16(30,18(23,24)25)19(26,27)28/h9-13,30H,4-8H2,1-3H3. The molecule has 6 unspecified atom stereocenters. The quantitative estimate of drug-likeness (QED) is 0.291. The van der Waals surface area contributed by atoms with Gasteiger partial charge in [0.25, 0.3) is 5.60 Å². The van der Waals surface area contributed by atoms with Gasteiger partial charge in [0.15, 0.2) is 11.7 Å². The van der Waals surface area contributed by atoms with Crippen molar-refractivity contribution < 1.29 is 58.9 Å². The molecule has 2 aliphatic carbocycles. The number of fused-ring (bicyclic) bond motifs is 2. The Hall–Kier alpha value is -1.24. The molecule has 2 rings (SSSR count). The number of ether oxygens (including phenoxy) is 2. The molecule has 0 aromatic carbocycles. The van der Waals surface area contributed by atoms with Gasteiger partial charge in [0.05, 0.1) is 6.10 Å². The topological polar surface area (TPSA) is 55.8 Å². The first-order valence-corrected chi connectivity index (χ1v) is 10.1. The van der Waals surface area contributed by atoms with E-state index in [0.29, 0.717) is 6.92 Å². The fraction of sp³-hybridized carbons (Fsp3) is 0.947. The summed E-state index contributed by atoms with van der Waals surface area (Å²) in [4.78, 5) is 12.1. The fourth-order valence-electron chi connectivity index (χ4n) is 4.61. The summed E-state index contributed by atoms with van der Waals surface area (Å²) >= 11 is 0. The molecule has 4 nitrogen and oxygen atoms in total. The van der Waals surface area contributed by atoms with E-state index in [9.17, 15) is 49.4 Å². The van der Waals surface area contributed by atoms with Crippen LogP contribution in [0, 0.1) is 23.2 Å². The maximum absolute atomic E-state index is 13.2. The molecule has 0 aromatic rings. The van der Waals surface area contributed by atoms with Gasteiger partial charge in [-0.05, 0) is 63.7 Å². The van der Waals surface area contributed by atoms with Crippen molar-refractivity contribution in [2.75, 3.05) is 0 Å². The summed E-state index contributed by atoms with van der Waals surface area (Å²) in [5.41, 5.74) is -7.68. The highest BCUT2D eigenvalue weighted by Crippen LogP contribution is 2.56. The molecular weight excluding hydrogens is 463 g/mol. The third kappa shape index (κ3) is 4.83. The Labute approximate surface area is 178 Å². The van der Waals surface area contributed by atoms with Crippen LogP contribution in [0.15, 0.2) is 0 Å². The number of halogens is 9. The van der Waals surface area contributed by atoms with Crippen LogP contribution in [-0.4, -0.2) is 47.6 Å². The monoisotopic (exact) mass is 488 g/mol. The third-order valence-electron chi connectivity index (χ3n) is 6.81. The van der Waals surface area contributed by atoms with Gasteiger partial charge < -0.3 is 14.6 Å². The second-order valence-corrected chi connectivity index (χ2v) is 8.89. The number of aliphatic hydroxyl groups is 1. The van der Waals surface area contributed by atoms with Crippen LogP contribution >= 0.6 is 0 Å². The molecule has 0 aliphatic heterocycles. The smallest absolute Gasteiger partial charge is 0.426 e. The lowest BCUT2D eigenvalue weighted by Gasteiger charge is -2.38. The van der Waals surface area contributed by atoms with Crippen LogP contribution < -0.4 is 0 Å². The van der Waals surface area contributed by atoms with Crippen LogP contribution in [0.25, 0.3) is 0 Å². The van der Waals surface area contributed by atoms with Gasteiger partial charge in [0.1, 0.15) is 0 Å². The maximum Gasteiger partial charge on any atom is 0.426 e. The average Bonchev–Trinajstić information content (AvgIpc) is 3.17. The summed E-state index contributed by atoms with van der Waals surface area (Å²) < 4.78 is 128. The molecule has 0 heterocycles. The Balaban J connectivity index is 2.08. The molecule has 0 aromatic heterocycles. The molecule has 0 amide bonds. The number of hydrogen-bond donors (Lipinski definition) is 1. The van der Waals surface area contributed by atoms with Gasteiger partial charge in [0.2, 0.25) is 0 Å². The number of hydrogen-bond acceptors (Lipinski definition) is 4. The second kappa shape index (κ2) is 8.52. The van der Waals surface area contributed by atoms with Gasteiger partial charge in [-0.25, -0.2) is 0 Å². The van der Waals surface area contributed by atoms with Crippen LogP contribution in [0.5, 0.6) is 0 Å². The van der Waals surface area contributed by atoms with Gasteiger partial charge in [-0.3, -0.25) is 4.79 Å². The van der Waals surface area contributed by atoms with E-state index in [-0.39, 0.29) is 25.2 Å². The first-order valence-electron chi connectivity index (χ1n) is 10.1. The fourth-order valence-corrected chi connectivity index (χ4v) is 4.61. The van der Waals surface area contributed by atoms with Gasteiger partial charge in [0, 0.05) is 0 Å². The Bertz CT molecular complexity index is 674. The van der Waals surface area contributed by atoms with Crippen molar-refractivity contribution in [2.24, 2.45) is 23.2 Å².